The molecule has 2 rings (SSSR count). The Morgan fingerprint density at radius 2 is 2.07 bits per heavy atom. The molecule has 2 aliphatic heterocycles. The molecule has 2 heterocycles. The van der Waals surface area contributed by atoms with Crippen LogP contribution in [0, 0.1) is 5.92 Å². The van der Waals surface area contributed by atoms with Gasteiger partial charge in [0.1, 0.15) is 0 Å². The van der Waals surface area contributed by atoms with Crippen molar-refractivity contribution in [1.29, 1.82) is 0 Å². The number of carbonyl (C=O) groups excluding carboxylic acids is 1. The number of likely N-dealkylation sites (tertiary alicyclic amines) is 1. The Bertz CT molecular complexity index is 219. The van der Waals surface area contributed by atoms with Crippen molar-refractivity contribution in [3.63, 3.8) is 0 Å². The van der Waals surface area contributed by atoms with E-state index in [1.807, 2.05) is 0 Å². The summed E-state index contributed by atoms with van der Waals surface area (Å²) in [7, 11) is 2.11. The van der Waals surface area contributed by atoms with Crippen LogP contribution in [0.2, 0.25) is 0 Å². The van der Waals surface area contributed by atoms with Gasteiger partial charge < -0.3 is 15.0 Å². The molecule has 0 bridgehead atoms. The third kappa shape index (κ3) is 2.92. The second-order valence-corrected chi connectivity index (χ2v) is 4.65. The summed E-state index contributed by atoms with van der Waals surface area (Å²) in [6.45, 7) is 3.56. The van der Waals surface area contributed by atoms with Crippen molar-refractivity contribution in [1.82, 2.24) is 10.2 Å². The summed E-state index contributed by atoms with van der Waals surface area (Å²) in [6, 6.07) is 0.261. The lowest BCUT2D eigenvalue weighted by molar-refractivity contribution is -0.127. The highest BCUT2D eigenvalue weighted by Crippen LogP contribution is 2.16. The van der Waals surface area contributed by atoms with Crippen LogP contribution in [-0.4, -0.2) is 50.2 Å². The topological polar surface area (TPSA) is 41.6 Å². The molecule has 0 spiro atoms. The van der Waals surface area contributed by atoms with E-state index in [0.29, 0.717) is 6.61 Å². The van der Waals surface area contributed by atoms with Crippen molar-refractivity contribution in [3.05, 3.63) is 0 Å². The van der Waals surface area contributed by atoms with Crippen molar-refractivity contribution < 1.29 is 9.53 Å². The number of rotatable bonds is 2. The maximum Gasteiger partial charge on any atom is 0.223 e. The number of ether oxygens (including phenoxy) is 1. The SMILES string of the molecule is CN1CCC(C(=O)NC2CCOC2)CC1. The van der Waals surface area contributed by atoms with Gasteiger partial charge in [0.25, 0.3) is 0 Å². The van der Waals surface area contributed by atoms with E-state index in [0.717, 1.165) is 39.0 Å². The van der Waals surface area contributed by atoms with E-state index in [2.05, 4.69) is 17.3 Å². The van der Waals surface area contributed by atoms with Gasteiger partial charge in [-0.05, 0) is 39.4 Å². The van der Waals surface area contributed by atoms with E-state index < -0.39 is 0 Å². The summed E-state index contributed by atoms with van der Waals surface area (Å²) < 4.78 is 5.24. The molecule has 0 aromatic heterocycles. The Labute approximate surface area is 91.0 Å². The van der Waals surface area contributed by atoms with Crippen LogP contribution >= 0.6 is 0 Å². The third-order valence-corrected chi connectivity index (χ3v) is 3.37. The lowest BCUT2D eigenvalue weighted by Gasteiger charge is -2.28. The molecule has 2 saturated heterocycles. The van der Waals surface area contributed by atoms with Crippen LogP contribution in [0.5, 0.6) is 0 Å². The first-order valence-electron chi connectivity index (χ1n) is 5.82. The number of nitrogens with one attached hydrogen (secondary N) is 1. The van der Waals surface area contributed by atoms with Gasteiger partial charge in [0.05, 0.1) is 12.6 Å². The van der Waals surface area contributed by atoms with E-state index in [1.54, 1.807) is 0 Å². The highest BCUT2D eigenvalue weighted by molar-refractivity contribution is 5.79. The largest absolute Gasteiger partial charge is 0.379 e. The van der Waals surface area contributed by atoms with Gasteiger partial charge in [-0.2, -0.15) is 0 Å². The van der Waals surface area contributed by atoms with Crippen LogP contribution in [0.25, 0.3) is 0 Å². The van der Waals surface area contributed by atoms with E-state index >= 15 is 0 Å². The Morgan fingerprint density at radius 1 is 1.33 bits per heavy atom. The quantitative estimate of drug-likeness (QED) is 0.712. The fraction of sp³-hybridized carbons (Fsp3) is 0.909. The number of piperidine rings is 1. The van der Waals surface area contributed by atoms with Crippen LogP contribution in [0.3, 0.4) is 0 Å². The van der Waals surface area contributed by atoms with Crippen molar-refractivity contribution in [2.45, 2.75) is 25.3 Å². The summed E-state index contributed by atoms with van der Waals surface area (Å²) in [5.74, 6) is 0.459. The molecule has 4 heteroatoms. The van der Waals surface area contributed by atoms with Gasteiger partial charge in [0, 0.05) is 12.5 Å². The van der Waals surface area contributed by atoms with Gasteiger partial charge in [-0.1, -0.05) is 0 Å². The second kappa shape index (κ2) is 4.94. The monoisotopic (exact) mass is 212 g/mol. The minimum absolute atomic E-state index is 0.224. The first kappa shape index (κ1) is 10.9. The number of nitrogens with zero attached hydrogens (tertiary/aromatic N) is 1. The number of hydrogen-bond acceptors (Lipinski definition) is 3. The summed E-state index contributed by atoms with van der Waals surface area (Å²) in [5, 5.41) is 3.08. The van der Waals surface area contributed by atoms with Crippen molar-refractivity contribution in [2.75, 3.05) is 33.4 Å². The molecule has 0 aromatic rings. The van der Waals surface area contributed by atoms with Gasteiger partial charge >= 0.3 is 0 Å². The summed E-state index contributed by atoms with van der Waals surface area (Å²) >= 11 is 0. The van der Waals surface area contributed by atoms with E-state index in [-0.39, 0.29) is 17.9 Å². The van der Waals surface area contributed by atoms with Crippen molar-refractivity contribution in [2.24, 2.45) is 5.92 Å². The normalized spacial score (nSPS) is 29.3. The molecular formula is C11H20N2O2. The molecular weight excluding hydrogens is 192 g/mol. The number of amides is 1. The van der Waals surface area contributed by atoms with Crippen LogP contribution in [0.15, 0.2) is 0 Å². The Morgan fingerprint density at radius 3 is 2.67 bits per heavy atom. The lowest BCUT2D eigenvalue weighted by Crippen LogP contribution is -2.43. The average molecular weight is 212 g/mol. The smallest absolute Gasteiger partial charge is 0.223 e. The fourth-order valence-corrected chi connectivity index (χ4v) is 2.24. The zero-order valence-electron chi connectivity index (χ0n) is 9.37. The molecule has 4 nitrogen and oxygen atoms in total. The molecule has 2 aliphatic rings. The second-order valence-electron chi connectivity index (χ2n) is 4.65. The molecule has 0 aromatic carbocycles. The maximum atomic E-state index is 11.9. The molecule has 1 N–H and O–H groups in total. The highest BCUT2D eigenvalue weighted by Gasteiger charge is 2.26. The molecule has 2 fully saturated rings. The molecule has 0 aliphatic carbocycles. The summed E-state index contributed by atoms with van der Waals surface area (Å²) in [5.41, 5.74) is 0. The standard InChI is InChI=1S/C11H20N2O2/c1-13-5-2-9(3-6-13)11(14)12-10-4-7-15-8-10/h9-10H,2-8H2,1H3,(H,12,14). The van der Waals surface area contributed by atoms with Crippen LogP contribution in [0.4, 0.5) is 0 Å². The van der Waals surface area contributed by atoms with E-state index in [4.69, 9.17) is 4.74 Å². The van der Waals surface area contributed by atoms with Crippen molar-refractivity contribution >= 4 is 5.91 Å². The zero-order chi connectivity index (χ0) is 10.7. The molecule has 1 unspecified atom stereocenters. The highest BCUT2D eigenvalue weighted by atomic mass is 16.5. The van der Waals surface area contributed by atoms with Gasteiger partial charge in [-0.3, -0.25) is 4.79 Å². The van der Waals surface area contributed by atoms with Gasteiger partial charge in [0.15, 0.2) is 0 Å². The Balaban J connectivity index is 1.75. The third-order valence-electron chi connectivity index (χ3n) is 3.37. The van der Waals surface area contributed by atoms with Crippen LogP contribution in [-0.2, 0) is 9.53 Å². The maximum absolute atomic E-state index is 11.9. The Hall–Kier alpha value is -0.610. The molecule has 0 saturated carbocycles. The molecule has 0 radical (unpaired) electrons. The number of carbonyl (C=O) groups is 1. The van der Waals surface area contributed by atoms with E-state index in [1.165, 1.54) is 0 Å². The fourth-order valence-electron chi connectivity index (χ4n) is 2.24. The number of hydrogen-bond donors (Lipinski definition) is 1. The molecule has 1 amide bonds. The van der Waals surface area contributed by atoms with Crippen LogP contribution in [0.1, 0.15) is 19.3 Å². The average Bonchev–Trinajstić information content (AvgIpc) is 2.71. The summed E-state index contributed by atoms with van der Waals surface area (Å²) in [6.07, 6.45) is 2.96. The first-order chi connectivity index (χ1) is 7.25. The molecule has 86 valence electrons. The van der Waals surface area contributed by atoms with Gasteiger partial charge in [-0.25, -0.2) is 0 Å². The van der Waals surface area contributed by atoms with Crippen molar-refractivity contribution in [3.8, 4) is 0 Å². The predicted octanol–water partition coefficient (Wildman–Crippen LogP) is 0.233. The van der Waals surface area contributed by atoms with E-state index in [9.17, 15) is 4.79 Å². The lowest BCUT2D eigenvalue weighted by atomic mass is 9.96. The zero-order valence-corrected chi connectivity index (χ0v) is 9.37. The first-order valence-corrected chi connectivity index (χ1v) is 5.82. The summed E-state index contributed by atoms with van der Waals surface area (Å²) in [4.78, 5) is 14.2. The molecule has 1 atom stereocenters. The van der Waals surface area contributed by atoms with Crippen LogP contribution < -0.4 is 5.32 Å². The predicted molar refractivity (Wildman–Crippen MR) is 57.6 cm³/mol. The minimum atomic E-state index is 0.224. The molecule has 15 heavy (non-hydrogen) atoms. The van der Waals surface area contributed by atoms with Gasteiger partial charge in [0.2, 0.25) is 5.91 Å². The Kier molecular flexibility index (Phi) is 3.59. The van der Waals surface area contributed by atoms with Gasteiger partial charge in [-0.15, -0.1) is 0 Å². The minimum Gasteiger partial charge on any atom is -0.379 e.